The van der Waals surface area contributed by atoms with Crippen LogP contribution in [0.15, 0.2) is 24.3 Å². The summed E-state index contributed by atoms with van der Waals surface area (Å²) in [5, 5.41) is 0. The standard InChI is InChI=1S/C17H28N2O/c1-19(2)17(11-7-4-8-12-17)16(18)13-14-9-5-6-10-15(14)20-3/h5-6,9-10,16H,4,7-8,11-13,18H2,1-3H3. The Labute approximate surface area is 123 Å². The lowest BCUT2D eigenvalue weighted by Gasteiger charge is -2.47. The summed E-state index contributed by atoms with van der Waals surface area (Å²) >= 11 is 0. The molecule has 1 atom stereocenters. The van der Waals surface area contributed by atoms with Crippen LogP contribution in [0.1, 0.15) is 37.7 Å². The molecule has 3 heteroatoms. The highest BCUT2D eigenvalue weighted by molar-refractivity contribution is 5.34. The summed E-state index contributed by atoms with van der Waals surface area (Å²) in [6, 6.07) is 8.37. The summed E-state index contributed by atoms with van der Waals surface area (Å²) in [4.78, 5) is 2.35. The summed E-state index contributed by atoms with van der Waals surface area (Å²) in [7, 11) is 6.08. The SMILES string of the molecule is COc1ccccc1CC(N)C1(N(C)C)CCCCC1. The molecule has 1 saturated carbocycles. The van der Waals surface area contributed by atoms with Gasteiger partial charge in [-0.25, -0.2) is 0 Å². The molecule has 112 valence electrons. The van der Waals surface area contributed by atoms with Crippen LogP contribution in [0.2, 0.25) is 0 Å². The van der Waals surface area contributed by atoms with E-state index in [2.05, 4.69) is 31.1 Å². The third kappa shape index (κ3) is 2.99. The Hall–Kier alpha value is -1.06. The van der Waals surface area contributed by atoms with Gasteiger partial charge in [-0.3, -0.25) is 0 Å². The van der Waals surface area contributed by atoms with Gasteiger partial charge in [0, 0.05) is 11.6 Å². The number of rotatable bonds is 5. The van der Waals surface area contributed by atoms with Gasteiger partial charge in [0.1, 0.15) is 5.75 Å². The second-order valence-electron chi connectivity index (χ2n) is 6.18. The van der Waals surface area contributed by atoms with Crippen molar-refractivity contribution in [2.75, 3.05) is 21.2 Å². The number of hydrogen-bond acceptors (Lipinski definition) is 3. The van der Waals surface area contributed by atoms with E-state index in [1.807, 2.05) is 12.1 Å². The predicted octanol–water partition coefficient (Wildman–Crippen LogP) is 2.83. The first-order chi connectivity index (χ1) is 9.60. The van der Waals surface area contributed by atoms with Crippen LogP contribution in [0.4, 0.5) is 0 Å². The van der Waals surface area contributed by atoms with Crippen LogP contribution in [0.5, 0.6) is 5.75 Å². The van der Waals surface area contributed by atoms with Gasteiger partial charge in [0.25, 0.3) is 0 Å². The van der Waals surface area contributed by atoms with Gasteiger partial charge < -0.3 is 15.4 Å². The monoisotopic (exact) mass is 276 g/mol. The number of nitrogens with two attached hydrogens (primary N) is 1. The minimum absolute atomic E-state index is 0.138. The fraction of sp³-hybridized carbons (Fsp3) is 0.647. The third-order valence-corrected chi connectivity index (χ3v) is 4.93. The lowest BCUT2D eigenvalue weighted by atomic mass is 9.74. The van der Waals surface area contributed by atoms with Crippen molar-refractivity contribution in [2.24, 2.45) is 5.73 Å². The number of likely N-dealkylation sites (N-methyl/N-ethyl adjacent to an activating group) is 1. The Morgan fingerprint density at radius 2 is 1.85 bits per heavy atom. The molecule has 0 spiro atoms. The zero-order valence-corrected chi connectivity index (χ0v) is 13.1. The van der Waals surface area contributed by atoms with Gasteiger partial charge in [0.2, 0.25) is 0 Å². The van der Waals surface area contributed by atoms with Crippen molar-refractivity contribution in [3.63, 3.8) is 0 Å². The van der Waals surface area contributed by atoms with Gasteiger partial charge in [0.15, 0.2) is 0 Å². The van der Waals surface area contributed by atoms with Gasteiger partial charge in [-0.05, 0) is 45.0 Å². The molecule has 0 radical (unpaired) electrons. The second kappa shape index (κ2) is 6.59. The van der Waals surface area contributed by atoms with Crippen LogP contribution in [-0.4, -0.2) is 37.7 Å². The Kier molecular flexibility index (Phi) is 5.06. The van der Waals surface area contributed by atoms with E-state index in [1.165, 1.54) is 37.7 Å². The molecular formula is C17H28N2O. The summed E-state index contributed by atoms with van der Waals surface area (Å²) < 4.78 is 5.46. The quantitative estimate of drug-likeness (QED) is 0.898. The van der Waals surface area contributed by atoms with E-state index < -0.39 is 0 Å². The normalized spacial score (nSPS) is 19.9. The van der Waals surface area contributed by atoms with Crippen molar-refractivity contribution in [2.45, 2.75) is 50.1 Å². The van der Waals surface area contributed by atoms with Crippen LogP contribution in [0.3, 0.4) is 0 Å². The van der Waals surface area contributed by atoms with E-state index >= 15 is 0 Å². The van der Waals surface area contributed by atoms with Crippen LogP contribution in [-0.2, 0) is 6.42 Å². The third-order valence-electron chi connectivity index (χ3n) is 4.93. The molecule has 0 bridgehead atoms. The Balaban J connectivity index is 2.18. The molecule has 0 heterocycles. The second-order valence-corrected chi connectivity index (χ2v) is 6.18. The van der Waals surface area contributed by atoms with Crippen LogP contribution >= 0.6 is 0 Å². The van der Waals surface area contributed by atoms with Crippen molar-refractivity contribution in [1.29, 1.82) is 0 Å². The first-order valence-electron chi connectivity index (χ1n) is 7.65. The van der Waals surface area contributed by atoms with Crippen molar-refractivity contribution in [1.82, 2.24) is 4.90 Å². The van der Waals surface area contributed by atoms with Gasteiger partial charge in [-0.15, -0.1) is 0 Å². The molecule has 0 aromatic heterocycles. The maximum atomic E-state index is 6.64. The number of para-hydroxylation sites is 1. The van der Waals surface area contributed by atoms with Gasteiger partial charge in [-0.2, -0.15) is 0 Å². The lowest BCUT2D eigenvalue weighted by Crippen LogP contribution is -2.59. The van der Waals surface area contributed by atoms with Gasteiger partial charge >= 0.3 is 0 Å². The molecule has 1 fully saturated rings. The number of hydrogen-bond donors (Lipinski definition) is 1. The van der Waals surface area contributed by atoms with Crippen molar-refractivity contribution in [3.05, 3.63) is 29.8 Å². The fourth-order valence-electron chi connectivity index (χ4n) is 3.61. The number of ether oxygens (including phenoxy) is 1. The zero-order chi connectivity index (χ0) is 14.6. The predicted molar refractivity (Wildman–Crippen MR) is 84.2 cm³/mol. The van der Waals surface area contributed by atoms with Crippen LogP contribution in [0, 0.1) is 0 Å². The average Bonchev–Trinajstić information content (AvgIpc) is 2.48. The van der Waals surface area contributed by atoms with E-state index in [0.29, 0.717) is 0 Å². The van der Waals surface area contributed by atoms with E-state index in [-0.39, 0.29) is 11.6 Å². The molecule has 2 rings (SSSR count). The summed E-state index contributed by atoms with van der Waals surface area (Å²) in [6.45, 7) is 0. The van der Waals surface area contributed by atoms with Crippen molar-refractivity contribution >= 4 is 0 Å². The molecule has 1 aliphatic rings. The highest BCUT2D eigenvalue weighted by Crippen LogP contribution is 2.36. The van der Waals surface area contributed by atoms with Gasteiger partial charge in [0.05, 0.1) is 7.11 Å². The number of benzene rings is 1. The largest absolute Gasteiger partial charge is 0.496 e. The van der Waals surface area contributed by atoms with E-state index in [1.54, 1.807) is 7.11 Å². The Morgan fingerprint density at radius 1 is 1.20 bits per heavy atom. The molecule has 1 aliphatic carbocycles. The first kappa shape index (κ1) is 15.3. The summed E-state index contributed by atoms with van der Waals surface area (Å²) in [5.74, 6) is 0.952. The van der Waals surface area contributed by atoms with Crippen LogP contribution < -0.4 is 10.5 Å². The van der Waals surface area contributed by atoms with E-state index in [9.17, 15) is 0 Å². The van der Waals surface area contributed by atoms with Crippen molar-refractivity contribution in [3.8, 4) is 5.75 Å². The molecular weight excluding hydrogens is 248 g/mol. The Bertz CT molecular complexity index is 425. The molecule has 0 amide bonds. The molecule has 2 N–H and O–H groups in total. The minimum Gasteiger partial charge on any atom is -0.496 e. The number of methoxy groups -OCH3 is 1. The molecule has 1 aromatic carbocycles. The van der Waals surface area contributed by atoms with Crippen molar-refractivity contribution < 1.29 is 4.74 Å². The minimum atomic E-state index is 0.138. The topological polar surface area (TPSA) is 38.5 Å². The molecule has 0 aliphatic heterocycles. The highest BCUT2D eigenvalue weighted by atomic mass is 16.5. The maximum Gasteiger partial charge on any atom is 0.122 e. The lowest BCUT2D eigenvalue weighted by molar-refractivity contribution is 0.0714. The zero-order valence-electron chi connectivity index (χ0n) is 13.1. The average molecular weight is 276 g/mol. The van der Waals surface area contributed by atoms with E-state index in [4.69, 9.17) is 10.5 Å². The van der Waals surface area contributed by atoms with Crippen LogP contribution in [0.25, 0.3) is 0 Å². The molecule has 1 unspecified atom stereocenters. The molecule has 20 heavy (non-hydrogen) atoms. The molecule has 0 saturated heterocycles. The fourth-order valence-corrected chi connectivity index (χ4v) is 3.61. The smallest absolute Gasteiger partial charge is 0.122 e. The maximum absolute atomic E-state index is 6.64. The summed E-state index contributed by atoms with van der Waals surface area (Å²) in [5.41, 5.74) is 8.00. The highest BCUT2D eigenvalue weighted by Gasteiger charge is 2.39. The molecule has 1 aromatic rings. The van der Waals surface area contributed by atoms with E-state index in [0.717, 1.165) is 12.2 Å². The number of nitrogens with zero attached hydrogens (tertiary/aromatic N) is 1. The Morgan fingerprint density at radius 3 is 2.45 bits per heavy atom. The summed E-state index contributed by atoms with van der Waals surface area (Å²) in [6.07, 6.45) is 7.21. The van der Waals surface area contributed by atoms with Gasteiger partial charge in [-0.1, -0.05) is 37.5 Å². The molecule has 3 nitrogen and oxygen atoms in total. The first-order valence-corrected chi connectivity index (χ1v) is 7.65.